The van der Waals surface area contributed by atoms with E-state index in [0.717, 1.165) is 9.91 Å². The Kier molecular flexibility index (Phi) is 1.78. The van der Waals surface area contributed by atoms with Gasteiger partial charge in [-0.3, -0.25) is 0 Å². The van der Waals surface area contributed by atoms with Gasteiger partial charge < -0.3 is 0 Å². The van der Waals surface area contributed by atoms with E-state index in [4.69, 9.17) is 5.73 Å². The summed E-state index contributed by atoms with van der Waals surface area (Å²) >= 11 is 0.0250. The SMILES string of the molecule is NC(=O)c1cccc2c1[As]C=C2. The van der Waals surface area contributed by atoms with Crippen LogP contribution in [0.25, 0.3) is 6.08 Å². The Morgan fingerprint density at radius 3 is 3.00 bits per heavy atom. The quantitative estimate of drug-likeness (QED) is 0.670. The summed E-state index contributed by atoms with van der Waals surface area (Å²) in [5.74, 6) is -0.314. The normalized spacial score (nSPS) is 15.0. The first-order valence-corrected chi connectivity index (χ1v) is 5.61. The third kappa shape index (κ3) is 1.09. The third-order valence-electron chi connectivity index (χ3n) is 1.79. The van der Waals surface area contributed by atoms with Crippen LogP contribution in [0.3, 0.4) is 0 Å². The molecule has 59 valence electrons. The number of hydrogen-bond acceptors (Lipinski definition) is 1. The minimum atomic E-state index is -0.314. The first-order chi connectivity index (χ1) is 5.79. The molecule has 0 aromatic heterocycles. The van der Waals surface area contributed by atoms with Gasteiger partial charge in [-0.05, 0) is 0 Å². The number of nitrogens with two attached hydrogens (primary N) is 1. The minimum absolute atomic E-state index is 0.0250. The topological polar surface area (TPSA) is 43.1 Å². The first-order valence-electron chi connectivity index (χ1n) is 3.59. The molecular formula is C9H7AsNO. The van der Waals surface area contributed by atoms with Gasteiger partial charge in [0.25, 0.3) is 0 Å². The van der Waals surface area contributed by atoms with Gasteiger partial charge in [0.2, 0.25) is 0 Å². The van der Waals surface area contributed by atoms with Crippen LogP contribution in [0.15, 0.2) is 23.1 Å². The molecule has 1 aliphatic heterocycles. The Balaban J connectivity index is 2.60. The van der Waals surface area contributed by atoms with Crippen LogP contribution in [0.5, 0.6) is 0 Å². The van der Waals surface area contributed by atoms with Crippen molar-refractivity contribution in [2.75, 3.05) is 0 Å². The van der Waals surface area contributed by atoms with Crippen molar-refractivity contribution in [2.24, 2.45) is 5.73 Å². The summed E-state index contributed by atoms with van der Waals surface area (Å²) in [7, 11) is 0. The molecule has 0 bridgehead atoms. The summed E-state index contributed by atoms with van der Waals surface area (Å²) < 4.78 is 1.15. The number of primary amides is 1. The van der Waals surface area contributed by atoms with E-state index in [1.807, 2.05) is 12.1 Å². The van der Waals surface area contributed by atoms with Crippen LogP contribution < -0.4 is 10.1 Å². The van der Waals surface area contributed by atoms with Crippen molar-refractivity contribution in [1.82, 2.24) is 0 Å². The molecule has 2 rings (SSSR count). The zero-order chi connectivity index (χ0) is 8.55. The zero-order valence-electron chi connectivity index (χ0n) is 6.32. The van der Waals surface area contributed by atoms with E-state index in [0.29, 0.717) is 5.56 Å². The molecule has 1 radical (unpaired) electrons. The number of amides is 1. The number of carbonyl (C=O) groups excluding carboxylic acids is 1. The summed E-state index contributed by atoms with van der Waals surface area (Å²) in [6.45, 7) is 0. The summed E-state index contributed by atoms with van der Waals surface area (Å²) in [5.41, 5.74) is 7.09. The molecule has 0 unspecified atom stereocenters. The maximum absolute atomic E-state index is 11.0. The van der Waals surface area contributed by atoms with E-state index in [-0.39, 0.29) is 21.7 Å². The maximum atomic E-state index is 11.0. The third-order valence-corrected chi connectivity index (χ3v) is 4.00. The Hall–Kier alpha value is -1.01. The molecule has 1 amide bonds. The van der Waals surface area contributed by atoms with Crippen molar-refractivity contribution < 1.29 is 4.79 Å². The Labute approximate surface area is 77.1 Å². The molecule has 2 nitrogen and oxygen atoms in total. The van der Waals surface area contributed by atoms with Crippen LogP contribution in [0.4, 0.5) is 0 Å². The van der Waals surface area contributed by atoms with Gasteiger partial charge in [-0.25, -0.2) is 0 Å². The van der Waals surface area contributed by atoms with E-state index < -0.39 is 0 Å². The molecule has 2 N–H and O–H groups in total. The Morgan fingerprint density at radius 1 is 1.42 bits per heavy atom. The van der Waals surface area contributed by atoms with Crippen molar-refractivity contribution in [1.29, 1.82) is 0 Å². The van der Waals surface area contributed by atoms with Crippen LogP contribution in [0.1, 0.15) is 15.9 Å². The van der Waals surface area contributed by atoms with Gasteiger partial charge >= 0.3 is 76.8 Å². The molecule has 0 atom stereocenters. The molecule has 0 fully saturated rings. The van der Waals surface area contributed by atoms with Crippen LogP contribution in [0, 0.1) is 0 Å². The molecule has 1 aromatic rings. The summed E-state index contributed by atoms with van der Waals surface area (Å²) in [6.07, 6.45) is 2.06. The van der Waals surface area contributed by atoms with E-state index in [1.165, 1.54) is 0 Å². The van der Waals surface area contributed by atoms with Gasteiger partial charge in [0, 0.05) is 0 Å². The predicted molar refractivity (Wildman–Crippen MR) is 49.4 cm³/mol. The van der Waals surface area contributed by atoms with Crippen molar-refractivity contribution >= 4 is 32.1 Å². The van der Waals surface area contributed by atoms with Crippen molar-refractivity contribution in [2.45, 2.75) is 0 Å². The monoisotopic (exact) mass is 220 g/mol. The van der Waals surface area contributed by atoms with Gasteiger partial charge in [0.05, 0.1) is 0 Å². The summed E-state index contributed by atoms with van der Waals surface area (Å²) in [4.78, 5) is 13.1. The molecule has 1 heterocycles. The van der Waals surface area contributed by atoms with Gasteiger partial charge in [0.15, 0.2) is 0 Å². The molecule has 0 spiro atoms. The molecule has 0 saturated heterocycles. The zero-order valence-corrected chi connectivity index (χ0v) is 8.20. The molecule has 1 aromatic carbocycles. The second kappa shape index (κ2) is 2.80. The molecule has 3 heteroatoms. The fourth-order valence-corrected chi connectivity index (χ4v) is 3.34. The van der Waals surface area contributed by atoms with Crippen LogP contribution in [-0.2, 0) is 0 Å². The van der Waals surface area contributed by atoms with E-state index >= 15 is 0 Å². The van der Waals surface area contributed by atoms with Gasteiger partial charge in [-0.15, -0.1) is 0 Å². The fraction of sp³-hybridized carbons (Fsp3) is 0. The van der Waals surface area contributed by atoms with E-state index in [1.54, 1.807) is 6.07 Å². The average Bonchev–Trinajstić information content (AvgIpc) is 2.49. The van der Waals surface area contributed by atoms with Crippen molar-refractivity contribution in [3.8, 4) is 0 Å². The van der Waals surface area contributed by atoms with Crippen molar-refractivity contribution in [3.63, 3.8) is 0 Å². The number of carbonyl (C=O) groups is 1. The summed E-state index contributed by atoms with van der Waals surface area (Å²) in [6, 6.07) is 5.68. The molecule has 1 aliphatic rings. The van der Waals surface area contributed by atoms with Gasteiger partial charge in [-0.1, -0.05) is 0 Å². The Morgan fingerprint density at radius 2 is 2.25 bits per heavy atom. The second-order valence-corrected chi connectivity index (χ2v) is 4.66. The number of rotatable bonds is 1. The number of hydrogen-bond donors (Lipinski definition) is 1. The van der Waals surface area contributed by atoms with Gasteiger partial charge in [-0.2, -0.15) is 0 Å². The van der Waals surface area contributed by atoms with E-state index in [9.17, 15) is 4.79 Å². The van der Waals surface area contributed by atoms with Crippen LogP contribution in [-0.4, -0.2) is 21.7 Å². The van der Waals surface area contributed by atoms with Crippen LogP contribution in [0.2, 0.25) is 0 Å². The number of benzene rings is 1. The summed E-state index contributed by atoms with van der Waals surface area (Å²) in [5, 5.41) is 0. The van der Waals surface area contributed by atoms with Crippen molar-refractivity contribution in [3.05, 3.63) is 34.2 Å². The average molecular weight is 220 g/mol. The predicted octanol–water partition coefficient (Wildman–Crippen LogP) is 0.0993. The first kappa shape index (κ1) is 7.63. The molecular weight excluding hydrogens is 213 g/mol. The van der Waals surface area contributed by atoms with Crippen LogP contribution >= 0.6 is 0 Å². The molecule has 0 saturated carbocycles. The molecule has 0 aliphatic carbocycles. The standard InChI is InChI=1S/C9H7AsNO/c11-9(12)7-3-1-2-6-4-5-10-8(6)7/h1-5H,(H2,11,12). The van der Waals surface area contributed by atoms with Gasteiger partial charge in [0.1, 0.15) is 0 Å². The van der Waals surface area contributed by atoms with E-state index in [2.05, 4.69) is 10.9 Å². The Bertz CT molecular complexity index is 371. The molecule has 12 heavy (non-hydrogen) atoms. The number of fused-ring (bicyclic) bond motifs is 1. The second-order valence-electron chi connectivity index (χ2n) is 2.55. The fourth-order valence-electron chi connectivity index (χ4n) is 1.23.